The molecule has 0 aliphatic carbocycles. The molecule has 0 radical (unpaired) electrons. The van der Waals surface area contributed by atoms with Gasteiger partial charge in [0.15, 0.2) is 0 Å². The van der Waals surface area contributed by atoms with Gasteiger partial charge in [-0.15, -0.1) is 0 Å². The predicted octanol–water partition coefficient (Wildman–Crippen LogP) is 3.79. The highest BCUT2D eigenvalue weighted by Gasteiger charge is 2.09. The smallest absolute Gasteiger partial charge is 0.336 e. The van der Waals surface area contributed by atoms with E-state index in [0.717, 1.165) is 0 Å². The average Bonchev–Trinajstić information content (AvgIpc) is 2.38. The summed E-state index contributed by atoms with van der Waals surface area (Å²) in [6.07, 6.45) is 0. The Bertz CT molecular complexity index is 616. The molecule has 0 aliphatic rings. The van der Waals surface area contributed by atoms with Crippen LogP contribution in [0.4, 0.5) is 10.1 Å². The number of carboxylic acids is 1. The highest BCUT2D eigenvalue weighted by molar-refractivity contribution is 6.33. The van der Waals surface area contributed by atoms with Gasteiger partial charge in [0.25, 0.3) is 0 Å². The summed E-state index contributed by atoms with van der Waals surface area (Å²) < 4.78 is 12.9. The highest BCUT2D eigenvalue weighted by atomic mass is 35.5. The van der Waals surface area contributed by atoms with Gasteiger partial charge in [-0.1, -0.05) is 29.8 Å². The topological polar surface area (TPSA) is 49.3 Å². The lowest BCUT2D eigenvalue weighted by Gasteiger charge is -2.10. The van der Waals surface area contributed by atoms with E-state index in [2.05, 4.69) is 5.32 Å². The molecule has 0 saturated carbocycles. The first kappa shape index (κ1) is 13.4. The van der Waals surface area contributed by atoms with Crippen LogP contribution in [0.1, 0.15) is 15.9 Å². The standard InChI is InChI=1S/C14H11ClFNO2/c15-12-7-10(16)5-6-13(12)17-8-9-3-1-2-4-11(9)14(18)19/h1-7,17H,8H2,(H,18,19). The number of rotatable bonds is 4. The molecule has 0 fully saturated rings. The molecule has 2 rings (SSSR count). The first-order valence-electron chi connectivity index (χ1n) is 5.58. The fourth-order valence-electron chi connectivity index (χ4n) is 1.71. The molecule has 0 saturated heterocycles. The summed E-state index contributed by atoms with van der Waals surface area (Å²) in [7, 11) is 0. The van der Waals surface area contributed by atoms with E-state index < -0.39 is 11.8 Å². The van der Waals surface area contributed by atoms with Crippen LogP contribution in [0.25, 0.3) is 0 Å². The van der Waals surface area contributed by atoms with E-state index in [1.165, 1.54) is 24.3 Å². The van der Waals surface area contributed by atoms with Gasteiger partial charge in [0, 0.05) is 6.54 Å². The number of halogens is 2. The minimum Gasteiger partial charge on any atom is -0.478 e. The summed E-state index contributed by atoms with van der Waals surface area (Å²) in [5, 5.41) is 12.3. The van der Waals surface area contributed by atoms with Crippen LogP contribution in [0.3, 0.4) is 0 Å². The fourth-order valence-corrected chi connectivity index (χ4v) is 1.94. The van der Waals surface area contributed by atoms with Crippen molar-refractivity contribution < 1.29 is 14.3 Å². The van der Waals surface area contributed by atoms with Gasteiger partial charge in [0.1, 0.15) is 5.82 Å². The Morgan fingerprint density at radius 2 is 2.00 bits per heavy atom. The number of nitrogens with one attached hydrogen (secondary N) is 1. The maximum Gasteiger partial charge on any atom is 0.336 e. The van der Waals surface area contributed by atoms with E-state index in [9.17, 15) is 9.18 Å². The zero-order valence-electron chi connectivity index (χ0n) is 9.86. The van der Waals surface area contributed by atoms with E-state index in [4.69, 9.17) is 16.7 Å². The normalized spacial score (nSPS) is 10.2. The molecule has 0 aromatic heterocycles. The quantitative estimate of drug-likeness (QED) is 0.895. The predicted molar refractivity (Wildman–Crippen MR) is 72.1 cm³/mol. The molecule has 2 N–H and O–H groups in total. The second-order valence-electron chi connectivity index (χ2n) is 3.94. The molecule has 0 spiro atoms. The van der Waals surface area contributed by atoms with E-state index in [1.807, 2.05) is 0 Å². The van der Waals surface area contributed by atoms with E-state index >= 15 is 0 Å². The number of carbonyl (C=O) groups is 1. The number of carboxylic acid groups (broad SMARTS) is 1. The highest BCUT2D eigenvalue weighted by Crippen LogP contribution is 2.23. The molecule has 5 heteroatoms. The van der Waals surface area contributed by atoms with Crippen LogP contribution in [0.2, 0.25) is 5.02 Å². The van der Waals surface area contributed by atoms with Crippen LogP contribution in [0, 0.1) is 5.82 Å². The lowest BCUT2D eigenvalue weighted by atomic mass is 10.1. The number of hydrogen-bond donors (Lipinski definition) is 2. The van der Waals surface area contributed by atoms with E-state index in [1.54, 1.807) is 18.2 Å². The minimum atomic E-state index is -0.984. The molecular formula is C14H11ClFNO2. The SMILES string of the molecule is O=C(O)c1ccccc1CNc1ccc(F)cc1Cl. The first-order valence-corrected chi connectivity index (χ1v) is 5.96. The van der Waals surface area contributed by atoms with Crippen LogP contribution >= 0.6 is 11.6 Å². The number of anilines is 1. The van der Waals surface area contributed by atoms with Crippen LogP contribution in [-0.2, 0) is 6.54 Å². The molecule has 3 nitrogen and oxygen atoms in total. The molecule has 19 heavy (non-hydrogen) atoms. The largest absolute Gasteiger partial charge is 0.478 e. The Morgan fingerprint density at radius 1 is 1.26 bits per heavy atom. The molecule has 0 heterocycles. The zero-order chi connectivity index (χ0) is 13.8. The summed E-state index contributed by atoms with van der Waals surface area (Å²) >= 11 is 5.88. The van der Waals surface area contributed by atoms with Gasteiger partial charge in [-0.3, -0.25) is 0 Å². The Labute approximate surface area is 114 Å². The van der Waals surface area contributed by atoms with E-state index in [-0.39, 0.29) is 10.6 Å². The van der Waals surface area contributed by atoms with Crippen molar-refractivity contribution >= 4 is 23.3 Å². The summed E-state index contributed by atoms with van der Waals surface area (Å²) in [5.74, 6) is -1.40. The third-order valence-corrected chi connectivity index (χ3v) is 2.96. The van der Waals surface area contributed by atoms with Crippen molar-refractivity contribution in [3.05, 3.63) is 64.4 Å². The third-order valence-electron chi connectivity index (χ3n) is 2.65. The summed E-state index contributed by atoms with van der Waals surface area (Å²) in [6, 6.07) is 10.7. The molecule has 0 aliphatic heterocycles. The van der Waals surface area contributed by atoms with Gasteiger partial charge in [0.2, 0.25) is 0 Å². The number of aromatic carboxylic acids is 1. The van der Waals surface area contributed by atoms with Crippen molar-refractivity contribution in [3.8, 4) is 0 Å². The molecule has 0 atom stereocenters. The van der Waals surface area contributed by atoms with Crippen molar-refractivity contribution in [1.82, 2.24) is 0 Å². The van der Waals surface area contributed by atoms with Crippen molar-refractivity contribution in [1.29, 1.82) is 0 Å². The van der Waals surface area contributed by atoms with Crippen LogP contribution in [0.15, 0.2) is 42.5 Å². The minimum absolute atomic E-state index is 0.230. The Balaban J connectivity index is 2.17. The van der Waals surface area contributed by atoms with Crippen molar-refractivity contribution in [2.24, 2.45) is 0 Å². The zero-order valence-corrected chi connectivity index (χ0v) is 10.6. The van der Waals surface area contributed by atoms with Gasteiger partial charge < -0.3 is 10.4 Å². The van der Waals surface area contributed by atoms with Crippen molar-refractivity contribution in [3.63, 3.8) is 0 Å². The van der Waals surface area contributed by atoms with Crippen molar-refractivity contribution in [2.75, 3.05) is 5.32 Å². The number of benzene rings is 2. The van der Waals surface area contributed by atoms with Crippen LogP contribution < -0.4 is 5.32 Å². The first-order chi connectivity index (χ1) is 9.08. The van der Waals surface area contributed by atoms with Gasteiger partial charge in [0.05, 0.1) is 16.3 Å². The van der Waals surface area contributed by atoms with Crippen LogP contribution in [-0.4, -0.2) is 11.1 Å². The molecular weight excluding hydrogens is 269 g/mol. The molecule has 0 bridgehead atoms. The summed E-state index contributed by atoms with van der Waals surface area (Å²) in [5.41, 5.74) is 1.42. The van der Waals surface area contributed by atoms with Gasteiger partial charge in [-0.05, 0) is 29.8 Å². The second-order valence-corrected chi connectivity index (χ2v) is 4.35. The molecule has 0 amide bonds. The monoisotopic (exact) mass is 279 g/mol. The third kappa shape index (κ3) is 3.23. The molecule has 98 valence electrons. The molecule has 0 unspecified atom stereocenters. The number of hydrogen-bond acceptors (Lipinski definition) is 2. The maximum absolute atomic E-state index is 12.9. The maximum atomic E-state index is 12.9. The van der Waals surface area contributed by atoms with Gasteiger partial charge >= 0.3 is 5.97 Å². The Morgan fingerprint density at radius 3 is 2.68 bits per heavy atom. The lowest BCUT2D eigenvalue weighted by molar-refractivity contribution is 0.0696. The average molecular weight is 280 g/mol. The van der Waals surface area contributed by atoms with Crippen LogP contribution in [0.5, 0.6) is 0 Å². The van der Waals surface area contributed by atoms with Gasteiger partial charge in [-0.2, -0.15) is 0 Å². The van der Waals surface area contributed by atoms with E-state index in [0.29, 0.717) is 17.8 Å². The Hall–Kier alpha value is -2.07. The summed E-state index contributed by atoms with van der Waals surface area (Å²) in [4.78, 5) is 11.0. The second kappa shape index (κ2) is 5.71. The summed E-state index contributed by atoms with van der Waals surface area (Å²) in [6.45, 7) is 0.299. The van der Waals surface area contributed by atoms with Crippen molar-refractivity contribution in [2.45, 2.75) is 6.54 Å². The lowest BCUT2D eigenvalue weighted by Crippen LogP contribution is -2.07. The Kier molecular flexibility index (Phi) is 4.02. The van der Waals surface area contributed by atoms with Gasteiger partial charge in [-0.25, -0.2) is 9.18 Å². The molecule has 2 aromatic carbocycles. The molecule has 2 aromatic rings. The fraction of sp³-hybridized carbons (Fsp3) is 0.0714.